The molecular weight excluding hydrogens is 346 g/mol. The van der Waals surface area contributed by atoms with Crippen LogP contribution in [0, 0.1) is 0 Å². The molecule has 0 aliphatic carbocycles. The van der Waals surface area contributed by atoms with Crippen LogP contribution in [0.25, 0.3) is 0 Å². The van der Waals surface area contributed by atoms with Gasteiger partial charge in [-0.25, -0.2) is 0 Å². The van der Waals surface area contributed by atoms with E-state index < -0.39 is 0 Å². The van der Waals surface area contributed by atoms with Crippen molar-refractivity contribution in [3.8, 4) is 5.75 Å². The Kier molecular flexibility index (Phi) is 6.93. The first kappa shape index (κ1) is 20.0. The second kappa shape index (κ2) is 9.38. The third-order valence-electron chi connectivity index (χ3n) is 3.61. The standard InChI is InChI=1S/C20H23N3O4/c1-4-27-19-10-8-18(9-11-19)23(15(3)25)13-20(26)22-17-7-5-6-16(12-17)21-14(2)24/h5-12H,4,13H2,1-3H3,(H,21,24)(H,22,26). The van der Waals surface area contributed by atoms with Crippen molar-refractivity contribution in [1.82, 2.24) is 0 Å². The first-order valence-corrected chi connectivity index (χ1v) is 8.57. The lowest BCUT2D eigenvalue weighted by Gasteiger charge is -2.21. The van der Waals surface area contributed by atoms with Gasteiger partial charge >= 0.3 is 0 Å². The Hall–Kier alpha value is -3.35. The molecule has 0 radical (unpaired) electrons. The number of ether oxygens (including phenoxy) is 1. The Morgan fingerprint density at radius 2 is 1.59 bits per heavy atom. The minimum Gasteiger partial charge on any atom is -0.494 e. The van der Waals surface area contributed by atoms with Gasteiger partial charge in [-0.15, -0.1) is 0 Å². The monoisotopic (exact) mass is 369 g/mol. The van der Waals surface area contributed by atoms with Crippen molar-refractivity contribution >= 4 is 34.8 Å². The van der Waals surface area contributed by atoms with Crippen molar-refractivity contribution < 1.29 is 19.1 Å². The van der Waals surface area contributed by atoms with Crippen LogP contribution in [-0.2, 0) is 14.4 Å². The summed E-state index contributed by atoms with van der Waals surface area (Å²) in [5.74, 6) is -0.0962. The average molecular weight is 369 g/mol. The van der Waals surface area contributed by atoms with E-state index in [-0.39, 0.29) is 24.3 Å². The van der Waals surface area contributed by atoms with Crippen LogP contribution in [0.2, 0.25) is 0 Å². The molecule has 7 heteroatoms. The zero-order valence-corrected chi connectivity index (χ0v) is 15.6. The zero-order valence-electron chi connectivity index (χ0n) is 15.6. The van der Waals surface area contributed by atoms with Crippen molar-refractivity contribution in [2.75, 3.05) is 28.7 Å². The molecule has 2 rings (SSSR count). The van der Waals surface area contributed by atoms with Gasteiger partial charge in [-0.3, -0.25) is 14.4 Å². The molecule has 0 aliphatic heterocycles. The van der Waals surface area contributed by atoms with Gasteiger partial charge in [-0.2, -0.15) is 0 Å². The molecular formula is C20H23N3O4. The Morgan fingerprint density at radius 1 is 0.963 bits per heavy atom. The quantitative estimate of drug-likeness (QED) is 0.785. The number of carbonyl (C=O) groups is 3. The van der Waals surface area contributed by atoms with Gasteiger partial charge in [-0.1, -0.05) is 6.07 Å². The molecule has 0 saturated carbocycles. The van der Waals surface area contributed by atoms with Gasteiger partial charge in [-0.05, 0) is 49.4 Å². The lowest BCUT2D eigenvalue weighted by Crippen LogP contribution is -2.36. The van der Waals surface area contributed by atoms with Gasteiger partial charge in [0.05, 0.1) is 6.61 Å². The molecule has 0 aromatic heterocycles. The molecule has 142 valence electrons. The highest BCUT2D eigenvalue weighted by atomic mass is 16.5. The van der Waals surface area contributed by atoms with E-state index in [9.17, 15) is 14.4 Å². The Bertz CT molecular complexity index is 818. The first-order chi connectivity index (χ1) is 12.9. The number of amides is 3. The molecule has 2 aromatic carbocycles. The molecule has 0 saturated heterocycles. The number of hydrogen-bond donors (Lipinski definition) is 2. The van der Waals surface area contributed by atoms with Crippen LogP contribution in [0.5, 0.6) is 5.75 Å². The lowest BCUT2D eigenvalue weighted by atomic mass is 10.2. The van der Waals surface area contributed by atoms with Gasteiger partial charge in [0.15, 0.2) is 0 Å². The summed E-state index contributed by atoms with van der Waals surface area (Å²) in [6.07, 6.45) is 0. The molecule has 0 spiro atoms. The summed E-state index contributed by atoms with van der Waals surface area (Å²) in [7, 11) is 0. The Labute approximate surface area is 158 Å². The normalized spacial score (nSPS) is 10.0. The summed E-state index contributed by atoms with van der Waals surface area (Å²) in [5.41, 5.74) is 1.71. The molecule has 0 fully saturated rings. The average Bonchev–Trinajstić information content (AvgIpc) is 2.60. The van der Waals surface area contributed by atoms with Gasteiger partial charge in [0.2, 0.25) is 17.7 Å². The highest BCUT2D eigenvalue weighted by Crippen LogP contribution is 2.20. The summed E-state index contributed by atoms with van der Waals surface area (Å²) < 4.78 is 5.39. The van der Waals surface area contributed by atoms with E-state index in [1.54, 1.807) is 48.5 Å². The molecule has 0 heterocycles. The van der Waals surface area contributed by atoms with E-state index in [0.717, 1.165) is 0 Å². The number of hydrogen-bond acceptors (Lipinski definition) is 4. The second-order valence-electron chi connectivity index (χ2n) is 5.84. The van der Waals surface area contributed by atoms with Crippen LogP contribution in [0.1, 0.15) is 20.8 Å². The lowest BCUT2D eigenvalue weighted by molar-refractivity contribution is -0.120. The summed E-state index contributed by atoms with van der Waals surface area (Å²) >= 11 is 0. The molecule has 0 atom stereocenters. The number of nitrogens with zero attached hydrogens (tertiary/aromatic N) is 1. The molecule has 27 heavy (non-hydrogen) atoms. The number of anilines is 3. The van der Waals surface area contributed by atoms with Crippen LogP contribution in [0.4, 0.5) is 17.1 Å². The SMILES string of the molecule is CCOc1ccc(N(CC(=O)Nc2cccc(NC(C)=O)c2)C(C)=O)cc1. The van der Waals surface area contributed by atoms with Gasteiger partial charge in [0.1, 0.15) is 12.3 Å². The maximum Gasteiger partial charge on any atom is 0.244 e. The number of nitrogens with one attached hydrogen (secondary N) is 2. The van der Waals surface area contributed by atoms with Crippen molar-refractivity contribution in [1.29, 1.82) is 0 Å². The topological polar surface area (TPSA) is 87.7 Å². The third kappa shape index (κ3) is 6.14. The van der Waals surface area contributed by atoms with Crippen LogP contribution in [-0.4, -0.2) is 30.9 Å². The second-order valence-corrected chi connectivity index (χ2v) is 5.84. The van der Waals surface area contributed by atoms with Crippen LogP contribution < -0.4 is 20.3 Å². The number of rotatable bonds is 7. The molecule has 3 amide bonds. The van der Waals surface area contributed by atoms with Crippen LogP contribution in [0.15, 0.2) is 48.5 Å². The van der Waals surface area contributed by atoms with E-state index in [4.69, 9.17) is 4.74 Å². The van der Waals surface area contributed by atoms with Crippen molar-refractivity contribution in [3.05, 3.63) is 48.5 Å². The molecule has 2 aromatic rings. The van der Waals surface area contributed by atoms with Crippen molar-refractivity contribution in [2.24, 2.45) is 0 Å². The molecule has 7 nitrogen and oxygen atoms in total. The van der Waals surface area contributed by atoms with Gasteiger partial charge in [0.25, 0.3) is 0 Å². The summed E-state index contributed by atoms with van der Waals surface area (Å²) in [4.78, 5) is 36.9. The third-order valence-corrected chi connectivity index (χ3v) is 3.61. The van der Waals surface area contributed by atoms with Crippen molar-refractivity contribution in [3.63, 3.8) is 0 Å². The van der Waals surface area contributed by atoms with Gasteiger partial charge < -0.3 is 20.3 Å². The highest BCUT2D eigenvalue weighted by molar-refractivity contribution is 6.02. The van der Waals surface area contributed by atoms with Gasteiger partial charge in [0, 0.05) is 30.9 Å². The van der Waals surface area contributed by atoms with Crippen LogP contribution in [0.3, 0.4) is 0 Å². The number of benzene rings is 2. The minimum absolute atomic E-state index is 0.131. The maximum absolute atomic E-state index is 12.4. The fraction of sp³-hybridized carbons (Fsp3) is 0.250. The molecule has 0 unspecified atom stereocenters. The fourth-order valence-corrected chi connectivity index (χ4v) is 2.50. The smallest absolute Gasteiger partial charge is 0.244 e. The van der Waals surface area contributed by atoms with Crippen LogP contribution >= 0.6 is 0 Å². The minimum atomic E-state index is -0.348. The largest absolute Gasteiger partial charge is 0.494 e. The molecule has 0 bridgehead atoms. The molecule has 0 aliphatic rings. The van der Waals surface area contributed by atoms with E-state index in [1.165, 1.54) is 18.7 Å². The van der Waals surface area contributed by atoms with Crippen molar-refractivity contribution in [2.45, 2.75) is 20.8 Å². The summed E-state index contributed by atoms with van der Waals surface area (Å²) in [6, 6.07) is 13.8. The zero-order chi connectivity index (χ0) is 19.8. The van der Waals surface area contributed by atoms with E-state index in [0.29, 0.717) is 29.4 Å². The predicted octanol–water partition coefficient (Wildman–Crippen LogP) is 3.04. The Balaban J connectivity index is 2.06. The van der Waals surface area contributed by atoms with E-state index in [2.05, 4.69) is 10.6 Å². The Morgan fingerprint density at radius 3 is 2.15 bits per heavy atom. The van der Waals surface area contributed by atoms with E-state index >= 15 is 0 Å². The predicted molar refractivity (Wildman–Crippen MR) is 105 cm³/mol. The number of carbonyl (C=O) groups excluding carboxylic acids is 3. The molecule has 2 N–H and O–H groups in total. The highest BCUT2D eigenvalue weighted by Gasteiger charge is 2.16. The van der Waals surface area contributed by atoms with E-state index in [1.807, 2.05) is 6.92 Å². The maximum atomic E-state index is 12.4. The fourth-order valence-electron chi connectivity index (χ4n) is 2.50. The summed E-state index contributed by atoms with van der Waals surface area (Å²) in [6.45, 7) is 5.12. The first-order valence-electron chi connectivity index (χ1n) is 8.57. The summed E-state index contributed by atoms with van der Waals surface area (Å²) in [5, 5.41) is 5.39.